The monoisotopic (exact) mass is 345 g/mol. The lowest BCUT2D eigenvalue weighted by Gasteiger charge is -2.28. The van der Waals surface area contributed by atoms with Crippen LogP contribution in [0.3, 0.4) is 0 Å². The number of benzene rings is 1. The summed E-state index contributed by atoms with van der Waals surface area (Å²) in [4.78, 5) is 10.4. The second-order valence-electron chi connectivity index (χ2n) is 6.09. The Balaban J connectivity index is 1.40. The van der Waals surface area contributed by atoms with Crippen molar-refractivity contribution in [2.45, 2.75) is 18.9 Å². The molecule has 3 heterocycles. The van der Waals surface area contributed by atoms with Crippen LogP contribution in [-0.2, 0) is 11.2 Å². The zero-order valence-electron chi connectivity index (χ0n) is 13.9. The summed E-state index contributed by atoms with van der Waals surface area (Å²) in [6.45, 7) is 2.96. The normalized spacial score (nSPS) is 19.7. The number of aryl methyl sites for hydroxylation is 1. The van der Waals surface area contributed by atoms with Gasteiger partial charge < -0.3 is 19.1 Å². The maximum atomic E-state index is 14.1. The Kier molecular flexibility index (Phi) is 4.65. The summed E-state index contributed by atoms with van der Waals surface area (Å²) in [5, 5.41) is 0. The predicted octanol–water partition coefficient (Wildman–Crippen LogP) is 2.22. The Labute approximate surface area is 145 Å². The first kappa shape index (κ1) is 16.1. The van der Waals surface area contributed by atoms with Gasteiger partial charge in [-0.15, -0.1) is 0 Å². The molecule has 2 aliphatic rings. The van der Waals surface area contributed by atoms with Crippen molar-refractivity contribution in [2.75, 3.05) is 37.8 Å². The lowest BCUT2D eigenvalue weighted by atomic mass is 10.1. The summed E-state index contributed by atoms with van der Waals surface area (Å²) in [5.74, 6) is 2.11. The third kappa shape index (κ3) is 3.66. The molecule has 1 aromatic heterocycles. The first-order valence-electron chi connectivity index (χ1n) is 8.52. The van der Waals surface area contributed by atoms with Crippen molar-refractivity contribution in [1.82, 2.24) is 9.97 Å². The molecule has 0 aliphatic carbocycles. The van der Waals surface area contributed by atoms with Crippen LogP contribution in [0.5, 0.6) is 11.5 Å². The highest BCUT2D eigenvalue weighted by Crippen LogP contribution is 2.31. The molecule has 132 valence electrons. The molecule has 4 rings (SSSR count). The molecule has 0 amide bonds. The number of ether oxygens (including phenoxy) is 3. The molecule has 6 nitrogen and oxygen atoms in total. The van der Waals surface area contributed by atoms with Gasteiger partial charge in [0, 0.05) is 19.5 Å². The van der Waals surface area contributed by atoms with E-state index in [1.54, 1.807) is 0 Å². The van der Waals surface area contributed by atoms with Crippen LogP contribution in [0, 0.1) is 5.82 Å². The third-order valence-electron chi connectivity index (χ3n) is 4.34. The van der Waals surface area contributed by atoms with Crippen LogP contribution in [0.1, 0.15) is 12.2 Å². The van der Waals surface area contributed by atoms with Gasteiger partial charge in [-0.2, -0.15) is 0 Å². The smallest absolute Gasteiger partial charge is 0.183 e. The molecule has 1 fully saturated rings. The Hall–Kier alpha value is -2.41. The second-order valence-corrected chi connectivity index (χ2v) is 6.09. The van der Waals surface area contributed by atoms with Crippen LogP contribution < -0.4 is 14.4 Å². The molecule has 0 radical (unpaired) electrons. The standard InChI is InChI=1S/C18H20FN3O3/c19-14-11-20-17(21-18(14)22-7-9-23-10-8-22)6-5-13-12-24-15-3-1-2-4-16(15)25-13/h1-4,11,13H,5-10,12H2/t13-/m0/s1. The van der Waals surface area contributed by atoms with E-state index in [2.05, 4.69) is 9.97 Å². The quantitative estimate of drug-likeness (QED) is 0.847. The van der Waals surface area contributed by atoms with E-state index >= 15 is 0 Å². The Bertz CT molecular complexity index is 737. The number of anilines is 1. The van der Waals surface area contributed by atoms with Crippen LogP contribution in [0.25, 0.3) is 0 Å². The average molecular weight is 345 g/mol. The Morgan fingerprint density at radius 2 is 1.96 bits per heavy atom. The van der Waals surface area contributed by atoms with Crippen molar-refractivity contribution in [3.63, 3.8) is 0 Å². The fraction of sp³-hybridized carbons (Fsp3) is 0.444. The van der Waals surface area contributed by atoms with Gasteiger partial charge in [0.1, 0.15) is 18.5 Å². The Morgan fingerprint density at radius 1 is 1.16 bits per heavy atom. The Morgan fingerprint density at radius 3 is 2.80 bits per heavy atom. The predicted molar refractivity (Wildman–Crippen MR) is 89.7 cm³/mol. The second kappa shape index (κ2) is 7.23. The average Bonchev–Trinajstić information content (AvgIpc) is 2.68. The molecule has 0 bridgehead atoms. The van der Waals surface area contributed by atoms with Gasteiger partial charge >= 0.3 is 0 Å². The van der Waals surface area contributed by atoms with Gasteiger partial charge in [0.05, 0.1) is 19.4 Å². The van der Waals surface area contributed by atoms with E-state index < -0.39 is 5.82 Å². The number of aromatic nitrogens is 2. The van der Waals surface area contributed by atoms with E-state index in [1.807, 2.05) is 29.2 Å². The van der Waals surface area contributed by atoms with Gasteiger partial charge in [-0.1, -0.05) is 12.1 Å². The van der Waals surface area contributed by atoms with Crippen molar-refractivity contribution < 1.29 is 18.6 Å². The summed E-state index contributed by atoms with van der Waals surface area (Å²) in [6, 6.07) is 7.62. The number of fused-ring (bicyclic) bond motifs is 1. The largest absolute Gasteiger partial charge is 0.486 e. The highest BCUT2D eigenvalue weighted by Gasteiger charge is 2.22. The van der Waals surface area contributed by atoms with Crippen LogP contribution in [0.4, 0.5) is 10.2 Å². The van der Waals surface area contributed by atoms with Crippen molar-refractivity contribution >= 4 is 5.82 Å². The van der Waals surface area contributed by atoms with Crippen LogP contribution in [-0.4, -0.2) is 49.0 Å². The lowest BCUT2D eigenvalue weighted by molar-refractivity contribution is 0.0847. The fourth-order valence-electron chi connectivity index (χ4n) is 3.01. The van der Waals surface area contributed by atoms with E-state index in [9.17, 15) is 4.39 Å². The summed E-state index contributed by atoms with van der Waals surface area (Å²) >= 11 is 0. The van der Waals surface area contributed by atoms with Gasteiger partial charge in [-0.3, -0.25) is 0 Å². The molecule has 0 unspecified atom stereocenters. The number of rotatable bonds is 4. The van der Waals surface area contributed by atoms with Crippen molar-refractivity contribution in [3.8, 4) is 11.5 Å². The van der Waals surface area contributed by atoms with E-state index in [1.165, 1.54) is 6.20 Å². The van der Waals surface area contributed by atoms with Crippen molar-refractivity contribution in [2.24, 2.45) is 0 Å². The van der Waals surface area contributed by atoms with Gasteiger partial charge in [0.15, 0.2) is 23.1 Å². The van der Waals surface area contributed by atoms with Crippen LogP contribution >= 0.6 is 0 Å². The SMILES string of the molecule is Fc1cnc(CC[C@H]2COc3ccccc3O2)nc1N1CCOCC1. The highest BCUT2D eigenvalue weighted by atomic mass is 19.1. The van der Waals surface area contributed by atoms with E-state index in [-0.39, 0.29) is 6.10 Å². The van der Waals surface area contributed by atoms with Gasteiger partial charge in [0.25, 0.3) is 0 Å². The topological polar surface area (TPSA) is 56.7 Å². The first-order valence-corrected chi connectivity index (χ1v) is 8.52. The minimum Gasteiger partial charge on any atom is -0.486 e. The fourth-order valence-corrected chi connectivity index (χ4v) is 3.01. The number of hydrogen-bond acceptors (Lipinski definition) is 6. The van der Waals surface area contributed by atoms with Gasteiger partial charge in [-0.25, -0.2) is 14.4 Å². The third-order valence-corrected chi connectivity index (χ3v) is 4.34. The highest BCUT2D eigenvalue weighted by molar-refractivity contribution is 5.41. The van der Waals surface area contributed by atoms with E-state index in [4.69, 9.17) is 14.2 Å². The molecule has 1 atom stereocenters. The van der Waals surface area contributed by atoms with Gasteiger partial charge in [-0.05, 0) is 18.6 Å². The summed E-state index contributed by atoms with van der Waals surface area (Å²) in [7, 11) is 0. The van der Waals surface area contributed by atoms with Crippen LogP contribution in [0.15, 0.2) is 30.5 Å². The minimum atomic E-state index is -0.392. The van der Waals surface area contributed by atoms with Crippen LogP contribution in [0.2, 0.25) is 0 Å². The molecule has 1 aromatic carbocycles. The molecule has 2 aliphatic heterocycles. The zero-order valence-corrected chi connectivity index (χ0v) is 13.9. The molecule has 0 N–H and O–H groups in total. The minimum absolute atomic E-state index is 0.0598. The summed E-state index contributed by atoms with van der Waals surface area (Å²) < 4.78 is 31.0. The van der Waals surface area contributed by atoms with Crippen molar-refractivity contribution in [1.29, 1.82) is 0 Å². The maximum absolute atomic E-state index is 14.1. The molecule has 0 spiro atoms. The van der Waals surface area contributed by atoms with Gasteiger partial charge in [0.2, 0.25) is 0 Å². The molecule has 0 saturated carbocycles. The lowest BCUT2D eigenvalue weighted by Crippen LogP contribution is -2.37. The van der Waals surface area contributed by atoms with E-state index in [0.717, 1.165) is 11.5 Å². The number of halogens is 1. The number of hydrogen-bond donors (Lipinski definition) is 0. The molecular weight excluding hydrogens is 325 g/mol. The zero-order chi connectivity index (χ0) is 17.1. The summed E-state index contributed by atoms with van der Waals surface area (Å²) in [5.41, 5.74) is 0. The molecule has 7 heteroatoms. The summed E-state index contributed by atoms with van der Waals surface area (Å²) in [6.07, 6.45) is 2.51. The number of para-hydroxylation sites is 2. The molecule has 25 heavy (non-hydrogen) atoms. The first-order chi connectivity index (χ1) is 12.3. The molecule has 2 aromatic rings. The number of morpholine rings is 1. The molecular formula is C18H20FN3O3. The number of nitrogens with zero attached hydrogens (tertiary/aromatic N) is 3. The maximum Gasteiger partial charge on any atom is 0.183 e. The van der Waals surface area contributed by atoms with Crippen molar-refractivity contribution in [3.05, 3.63) is 42.1 Å². The molecule has 1 saturated heterocycles. The van der Waals surface area contributed by atoms with E-state index in [0.29, 0.717) is 57.4 Å².